The van der Waals surface area contributed by atoms with Gasteiger partial charge >= 0.3 is 5.97 Å². The summed E-state index contributed by atoms with van der Waals surface area (Å²) in [7, 11) is 0. The monoisotopic (exact) mass is 436 g/mol. The highest BCUT2D eigenvalue weighted by Gasteiger charge is 2.27. The van der Waals surface area contributed by atoms with Crippen molar-refractivity contribution in [2.45, 2.75) is 20.5 Å². The number of carbonyl (C=O) groups is 2. The van der Waals surface area contributed by atoms with Gasteiger partial charge in [-0.15, -0.1) is 0 Å². The van der Waals surface area contributed by atoms with E-state index >= 15 is 0 Å². The van der Waals surface area contributed by atoms with E-state index in [1.807, 2.05) is 30.3 Å². The molecule has 0 aliphatic heterocycles. The van der Waals surface area contributed by atoms with Gasteiger partial charge in [0.1, 0.15) is 0 Å². The highest BCUT2D eigenvalue weighted by Crippen LogP contribution is 2.20. The van der Waals surface area contributed by atoms with Gasteiger partial charge in [0.15, 0.2) is 6.61 Å². The SMILES string of the molecule is Cc1nn(-c2ccccc2)c(C)c1C(=O)C(=O)OCc1nc(-c2ccc(Cl)cc2)no1. The molecule has 0 aliphatic rings. The number of esters is 1. The van der Waals surface area contributed by atoms with E-state index in [2.05, 4.69) is 15.2 Å². The Bertz CT molecular complexity index is 1250. The van der Waals surface area contributed by atoms with Crippen LogP contribution in [-0.2, 0) is 16.1 Å². The molecule has 2 heterocycles. The third kappa shape index (κ3) is 4.24. The van der Waals surface area contributed by atoms with Crippen LogP contribution in [-0.4, -0.2) is 31.7 Å². The van der Waals surface area contributed by atoms with E-state index in [1.165, 1.54) is 0 Å². The Hall–Kier alpha value is -3.78. The van der Waals surface area contributed by atoms with Crippen molar-refractivity contribution in [1.29, 1.82) is 0 Å². The first kappa shape index (κ1) is 20.5. The number of Topliss-reactive ketones (excluding diaryl/α,β-unsaturated/α-hetero) is 1. The van der Waals surface area contributed by atoms with Gasteiger partial charge in [0.25, 0.3) is 11.7 Å². The van der Waals surface area contributed by atoms with Gasteiger partial charge in [0.05, 0.1) is 22.6 Å². The van der Waals surface area contributed by atoms with Crippen LogP contribution in [0.3, 0.4) is 0 Å². The summed E-state index contributed by atoms with van der Waals surface area (Å²) >= 11 is 5.87. The fourth-order valence-corrected chi connectivity index (χ4v) is 3.24. The van der Waals surface area contributed by atoms with Crippen LogP contribution in [0, 0.1) is 13.8 Å². The van der Waals surface area contributed by atoms with Gasteiger partial charge in [-0.2, -0.15) is 10.1 Å². The fourth-order valence-electron chi connectivity index (χ4n) is 3.12. The van der Waals surface area contributed by atoms with Crippen molar-refractivity contribution in [2.75, 3.05) is 0 Å². The maximum absolute atomic E-state index is 12.7. The van der Waals surface area contributed by atoms with Crippen LogP contribution in [0.4, 0.5) is 0 Å². The lowest BCUT2D eigenvalue weighted by Crippen LogP contribution is -2.19. The first-order valence-corrected chi connectivity index (χ1v) is 9.73. The molecule has 0 spiro atoms. The number of ether oxygens (including phenoxy) is 1. The smallest absolute Gasteiger partial charge is 0.380 e. The number of halogens is 1. The number of benzene rings is 2. The predicted octanol–water partition coefficient (Wildman–Crippen LogP) is 4.12. The molecule has 0 fully saturated rings. The molecule has 156 valence electrons. The molecule has 0 N–H and O–H groups in total. The molecule has 0 saturated carbocycles. The lowest BCUT2D eigenvalue weighted by molar-refractivity contribution is -0.140. The number of para-hydroxylation sites is 1. The van der Waals surface area contributed by atoms with E-state index in [-0.39, 0.29) is 18.1 Å². The molecule has 9 heteroatoms. The summed E-state index contributed by atoms with van der Waals surface area (Å²) in [5, 5.41) is 8.81. The highest BCUT2D eigenvalue weighted by molar-refractivity contribution is 6.41. The quantitative estimate of drug-likeness (QED) is 0.254. The number of hydrogen-bond acceptors (Lipinski definition) is 7. The van der Waals surface area contributed by atoms with Crippen LogP contribution in [0.5, 0.6) is 0 Å². The number of ketones is 1. The summed E-state index contributed by atoms with van der Waals surface area (Å²) in [5.74, 6) is -1.41. The number of aromatic nitrogens is 4. The van der Waals surface area contributed by atoms with Gasteiger partial charge in [-0.25, -0.2) is 9.48 Å². The van der Waals surface area contributed by atoms with Crippen LogP contribution < -0.4 is 0 Å². The molecule has 0 radical (unpaired) electrons. The molecular weight excluding hydrogens is 420 g/mol. The Balaban J connectivity index is 1.46. The summed E-state index contributed by atoms with van der Waals surface area (Å²) in [4.78, 5) is 29.2. The molecule has 2 aromatic heterocycles. The van der Waals surface area contributed by atoms with Gasteiger partial charge in [-0.1, -0.05) is 35.0 Å². The second-order valence-corrected chi connectivity index (χ2v) is 7.15. The summed E-state index contributed by atoms with van der Waals surface area (Å²) < 4.78 is 11.8. The van der Waals surface area contributed by atoms with E-state index < -0.39 is 11.8 Å². The molecule has 31 heavy (non-hydrogen) atoms. The van der Waals surface area contributed by atoms with Crippen LogP contribution in [0.2, 0.25) is 5.02 Å². The molecule has 8 nitrogen and oxygen atoms in total. The van der Waals surface area contributed by atoms with Crippen molar-refractivity contribution in [1.82, 2.24) is 19.9 Å². The third-order valence-corrected chi connectivity index (χ3v) is 4.85. The zero-order chi connectivity index (χ0) is 22.0. The molecule has 0 aliphatic carbocycles. The fraction of sp³-hybridized carbons (Fsp3) is 0.136. The minimum atomic E-state index is -1.02. The molecule has 0 bridgehead atoms. The van der Waals surface area contributed by atoms with Crippen molar-refractivity contribution in [3.8, 4) is 17.1 Å². The lowest BCUT2D eigenvalue weighted by Gasteiger charge is -2.05. The molecule has 0 saturated heterocycles. The minimum Gasteiger partial charge on any atom is -0.450 e. The highest BCUT2D eigenvalue weighted by atomic mass is 35.5. The van der Waals surface area contributed by atoms with Gasteiger partial charge in [-0.3, -0.25) is 4.79 Å². The molecular formula is C22H17ClN4O4. The van der Waals surface area contributed by atoms with Crippen molar-refractivity contribution in [3.05, 3.63) is 82.5 Å². The van der Waals surface area contributed by atoms with Crippen molar-refractivity contribution < 1.29 is 18.8 Å². The molecule has 0 unspecified atom stereocenters. The van der Waals surface area contributed by atoms with Crippen molar-refractivity contribution >= 4 is 23.4 Å². The summed E-state index contributed by atoms with van der Waals surface area (Å²) in [6, 6.07) is 16.2. The Morgan fingerprint density at radius 1 is 1.06 bits per heavy atom. The number of hydrogen-bond donors (Lipinski definition) is 0. The molecule has 4 rings (SSSR count). The van der Waals surface area contributed by atoms with E-state index in [9.17, 15) is 9.59 Å². The zero-order valence-electron chi connectivity index (χ0n) is 16.7. The first-order valence-electron chi connectivity index (χ1n) is 9.35. The lowest BCUT2D eigenvalue weighted by atomic mass is 10.1. The van der Waals surface area contributed by atoms with E-state index in [1.54, 1.807) is 42.8 Å². The average molecular weight is 437 g/mol. The summed E-state index contributed by atoms with van der Waals surface area (Å²) in [5.41, 5.74) is 2.68. The Morgan fingerprint density at radius 3 is 2.48 bits per heavy atom. The Morgan fingerprint density at radius 2 is 1.77 bits per heavy atom. The van der Waals surface area contributed by atoms with E-state index in [4.69, 9.17) is 20.9 Å². The van der Waals surface area contributed by atoms with Crippen LogP contribution in [0.15, 0.2) is 59.1 Å². The standard InChI is InChI=1S/C22H17ClN4O4/c1-13-19(14(2)27(25-13)17-6-4-3-5-7-17)20(28)22(29)30-12-18-24-21(26-31-18)15-8-10-16(23)11-9-15/h3-11H,12H2,1-2H3. The summed E-state index contributed by atoms with van der Waals surface area (Å²) in [6.07, 6.45) is 0. The van der Waals surface area contributed by atoms with E-state index in [0.29, 0.717) is 27.8 Å². The van der Waals surface area contributed by atoms with Gasteiger partial charge in [0.2, 0.25) is 5.82 Å². The van der Waals surface area contributed by atoms with Crippen molar-refractivity contribution in [3.63, 3.8) is 0 Å². The van der Waals surface area contributed by atoms with Crippen LogP contribution in [0.1, 0.15) is 27.6 Å². The Kier molecular flexibility index (Phi) is 5.64. The van der Waals surface area contributed by atoms with Crippen LogP contribution in [0.25, 0.3) is 17.1 Å². The zero-order valence-corrected chi connectivity index (χ0v) is 17.5. The third-order valence-electron chi connectivity index (χ3n) is 4.60. The van der Waals surface area contributed by atoms with Gasteiger partial charge in [-0.05, 0) is 50.2 Å². The maximum atomic E-state index is 12.7. The van der Waals surface area contributed by atoms with Crippen LogP contribution >= 0.6 is 11.6 Å². The largest absolute Gasteiger partial charge is 0.450 e. The number of carbonyl (C=O) groups excluding carboxylic acids is 2. The topological polar surface area (TPSA) is 100 Å². The van der Waals surface area contributed by atoms with E-state index in [0.717, 1.165) is 5.69 Å². The molecule has 0 atom stereocenters. The first-order chi connectivity index (χ1) is 14.9. The molecule has 2 aromatic carbocycles. The summed E-state index contributed by atoms with van der Waals surface area (Å²) in [6.45, 7) is 3.07. The number of aryl methyl sites for hydroxylation is 1. The normalized spacial score (nSPS) is 10.8. The Labute approximate surface area is 182 Å². The number of nitrogens with zero attached hydrogens (tertiary/aromatic N) is 4. The maximum Gasteiger partial charge on any atom is 0.380 e. The average Bonchev–Trinajstić information content (AvgIpc) is 3.37. The van der Waals surface area contributed by atoms with Gasteiger partial charge in [0, 0.05) is 10.6 Å². The van der Waals surface area contributed by atoms with Gasteiger partial charge < -0.3 is 9.26 Å². The molecule has 4 aromatic rings. The second kappa shape index (κ2) is 8.53. The predicted molar refractivity (Wildman–Crippen MR) is 112 cm³/mol. The van der Waals surface area contributed by atoms with Crippen molar-refractivity contribution in [2.24, 2.45) is 0 Å². The number of rotatable bonds is 6. The second-order valence-electron chi connectivity index (χ2n) is 6.72. The molecule has 0 amide bonds. The minimum absolute atomic E-state index is 0.0690.